The minimum atomic E-state index is -6.06. The van der Waals surface area contributed by atoms with Gasteiger partial charge in [-0.1, -0.05) is 23.4 Å². The lowest BCUT2D eigenvalue weighted by Crippen LogP contribution is -2.37. The van der Waals surface area contributed by atoms with Crippen molar-refractivity contribution in [3.05, 3.63) is 59.5 Å². The first kappa shape index (κ1) is 21.3. The number of aromatic amines is 1. The first-order valence-electron chi connectivity index (χ1n) is 7.75. The second-order valence-corrected chi connectivity index (χ2v) is 5.75. The lowest BCUT2D eigenvalue weighted by molar-refractivity contribution is -0.289. The van der Waals surface area contributed by atoms with Crippen LogP contribution < -0.4 is 4.90 Å². The Hall–Kier alpha value is -3.45. The molecule has 160 valence electrons. The van der Waals surface area contributed by atoms with Gasteiger partial charge in [0.15, 0.2) is 5.82 Å². The molecule has 1 amide bonds. The smallest absolute Gasteiger partial charge is 0.363 e. The van der Waals surface area contributed by atoms with Gasteiger partial charge >= 0.3 is 18.3 Å². The molecule has 0 radical (unpaired) electrons. The maximum Gasteiger partial charge on any atom is 0.458 e. The molecule has 6 nitrogen and oxygen atoms in total. The van der Waals surface area contributed by atoms with Gasteiger partial charge in [0, 0.05) is 17.2 Å². The zero-order valence-electron chi connectivity index (χ0n) is 14.2. The van der Waals surface area contributed by atoms with Gasteiger partial charge in [-0.15, -0.1) is 0 Å². The van der Waals surface area contributed by atoms with Crippen LogP contribution in [0, 0.1) is 0 Å². The number of hydrogen-bond donors (Lipinski definition) is 1. The summed E-state index contributed by atoms with van der Waals surface area (Å²) < 4.78 is 111. The van der Waals surface area contributed by atoms with Crippen molar-refractivity contribution >= 4 is 17.5 Å². The van der Waals surface area contributed by atoms with E-state index in [1.54, 1.807) is 0 Å². The van der Waals surface area contributed by atoms with Crippen LogP contribution in [-0.4, -0.2) is 27.4 Å². The summed E-state index contributed by atoms with van der Waals surface area (Å²) in [5.41, 5.74) is -4.44. The van der Waals surface area contributed by atoms with Crippen LogP contribution in [0.3, 0.4) is 0 Å². The molecule has 0 aliphatic rings. The SMILES string of the molecule is O=C(c1ccccc1C(F)(F)C(F)(F)F)N(c1ccon1)c1[nH]ncc1C(F)(F)F. The molecule has 0 aliphatic carbocycles. The number of halogens is 8. The largest absolute Gasteiger partial charge is 0.458 e. The highest BCUT2D eigenvalue weighted by Crippen LogP contribution is 2.46. The van der Waals surface area contributed by atoms with E-state index in [-0.39, 0.29) is 4.90 Å². The lowest BCUT2D eigenvalue weighted by Gasteiger charge is -2.25. The van der Waals surface area contributed by atoms with Crippen LogP contribution in [0.1, 0.15) is 21.5 Å². The van der Waals surface area contributed by atoms with Crippen molar-refractivity contribution < 1.29 is 44.4 Å². The number of carbonyl (C=O) groups is 1. The van der Waals surface area contributed by atoms with Crippen LogP contribution in [0.15, 0.2) is 47.3 Å². The van der Waals surface area contributed by atoms with Gasteiger partial charge in [-0.3, -0.25) is 9.89 Å². The fourth-order valence-corrected chi connectivity index (χ4v) is 2.52. The Kier molecular flexibility index (Phi) is 5.04. The normalized spacial score (nSPS) is 12.8. The van der Waals surface area contributed by atoms with Crippen molar-refractivity contribution in [2.45, 2.75) is 18.3 Å². The second kappa shape index (κ2) is 7.11. The van der Waals surface area contributed by atoms with Gasteiger partial charge in [-0.2, -0.15) is 40.2 Å². The zero-order chi connectivity index (χ0) is 22.3. The topological polar surface area (TPSA) is 75.0 Å². The fraction of sp³-hybridized carbons (Fsp3) is 0.188. The standard InChI is InChI=1S/C16H8F8N4O2/c17-14(18,16(22,23)24)9-4-2-1-3-8(9)13(29)28(11-5-6-30-27-11)12-10(7-25-26-12)15(19,20)21/h1-7H,(H,25,26). The third-order valence-corrected chi connectivity index (χ3v) is 3.86. The summed E-state index contributed by atoms with van der Waals surface area (Å²) >= 11 is 0. The third-order valence-electron chi connectivity index (χ3n) is 3.86. The van der Waals surface area contributed by atoms with Crippen LogP contribution in [0.2, 0.25) is 0 Å². The number of nitrogens with one attached hydrogen (secondary N) is 1. The molecule has 0 spiro atoms. The monoisotopic (exact) mass is 440 g/mol. The number of nitrogens with zero attached hydrogens (tertiary/aromatic N) is 3. The Morgan fingerprint density at radius 3 is 2.20 bits per heavy atom. The zero-order valence-corrected chi connectivity index (χ0v) is 14.2. The first-order valence-corrected chi connectivity index (χ1v) is 7.75. The number of H-pyrrole nitrogens is 1. The second-order valence-electron chi connectivity index (χ2n) is 5.75. The number of amides is 1. The van der Waals surface area contributed by atoms with E-state index in [2.05, 4.69) is 14.8 Å². The van der Waals surface area contributed by atoms with Gasteiger partial charge < -0.3 is 4.52 Å². The summed E-state index contributed by atoms with van der Waals surface area (Å²) in [4.78, 5) is 13.1. The molecule has 30 heavy (non-hydrogen) atoms. The van der Waals surface area contributed by atoms with Crippen molar-refractivity contribution in [1.29, 1.82) is 0 Å². The third kappa shape index (κ3) is 3.59. The van der Waals surface area contributed by atoms with Gasteiger partial charge in [-0.05, 0) is 6.07 Å². The van der Waals surface area contributed by atoms with Crippen LogP contribution in [-0.2, 0) is 12.1 Å². The molecule has 0 unspecified atom stereocenters. The average Bonchev–Trinajstić information content (AvgIpc) is 3.33. The maximum atomic E-state index is 14.0. The first-order chi connectivity index (χ1) is 13.9. The summed E-state index contributed by atoms with van der Waals surface area (Å²) in [5.74, 6) is -8.78. The van der Waals surface area contributed by atoms with E-state index >= 15 is 0 Å². The predicted molar refractivity (Wildman–Crippen MR) is 83.0 cm³/mol. The maximum absolute atomic E-state index is 14.0. The van der Waals surface area contributed by atoms with Gasteiger partial charge in [0.2, 0.25) is 0 Å². The number of benzene rings is 1. The molecule has 0 atom stereocenters. The van der Waals surface area contributed by atoms with Crippen molar-refractivity contribution in [1.82, 2.24) is 15.4 Å². The Balaban J connectivity index is 2.20. The van der Waals surface area contributed by atoms with Crippen LogP contribution in [0.5, 0.6) is 0 Å². The predicted octanol–water partition coefficient (Wildman–Crippen LogP) is 5.05. The summed E-state index contributed by atoms with van der Waals surface area (Å²) in [6.07, 6.45) is -9.94. The molecule has 2 aromatic heterocycles. The number of rotatable bonds is 4. The Bertz CT molecular complexity index is 1040. The van der Waals surface area contributed by atoms with E-state index in [9.17, 15) is 39.9 Å². The molecular formula is C16H8F8N4O2. The van der Waals surface area contributed by atoms with Crippen molar-refractivity contribution in [3.63, 3.8) is 0 Å². The van der Waals surface area contributed by atoms with Crippen LogP contribution in [0.4, 0.5) is 46.8 Å². The number of hydrogen-bond acceptors (Lipinski definition) is 4. The fourth-order valence-electron chi connectivity index (χ4n) is 2.52. The lowest BCUT2D eigenvalue weighted by atomic mass is 9.99. The number of carbonyl (C=O) groups excluding carboxylic acids is 1. The Morgan fingerprint density at radius 2 is 1.63 bits per heavy atom. The Morgan fingerprint density at radius 1 is 0.967 bits per heavy atom. The summed E-state index contributed by atoms with van der Waals surface area (Å²) in [7, 11) is 0. The van der Waals surface area contributed by atoms with Crippen LogP contribution in [0.25, 0.3) is 0 Å². The van der Waals surface area contributed by atoms with E-state index in [0.717, 1.165) is 24.5 Å². The molecule has 1 N–H and O–H groups in total. The highest BCUT2D eigenvalue weighted by atomic mass is 19.4. The molecule has 0 aliphatic heterocycles. The van der Waals surface area contributed by atoms with Gasteiger partial charge in [0.25, 0.3) is 5.91 Å². The molecule has 14 heteroatoms. The molecule has 1 aromatic carbocycles. The van der Waals surface area contributed by atoms with Crippen molar-refractivity contribution in [2.75, 3.05) is 4.90 Å². The summed E-state index contributed by atoms with van der Waals surface area (Å²) in [6, 6.07) is 3.67. The van der Waals surface area contributed by atoms with E-state index in [1.165, 1.54) is 0 Å². The van der Waals surface area contributed by atoms with Crippen molar-refractivity contribution in [3.8, 4) is 0 Å². The summed E-state index contributed by atoms with van der Waals surface area (Å²) in [5, 5.41) is 8.35. The highest BCUT2D eigenvalue weighted by molar-refractivity contribution is 6.11. The van der Waals surface area contributed by atoms with Crippen molar-refractivity contribution in [2.24, 2.45) is 0 Å². The number of aromatic nitrogens is 3. The van der Waals surface area contributed by atoms with Gasteiger partial charge in [-0.25, -0.2) is 4.90 Å². The van der Waals surface area contributed by atoms with Crippen LogP contribution >= 0.6 is 0 Å². The molecule has 0 saturated heterocycles. The van der Waals surface area contributed by atoms with Gasteiger partial charge in [0.1, 0.15) is 17.6 Å². The minimum Gasteiger partial charge on any atom is -0.363 e. The van der Waals surface area contributed by atoms with E-state index < -0.39 is 52.5 Å². The molecular weight excluding hydrogens is 432 g/mol. The molecule has 0 fully saturated rings. The number of alkyl halides is 8. The van der Waals surface area contributed by atoms with E-state index in [1.807, 2.05) is 5.10 Å². The molecule has 3 aromatic rings. The van der Waals surface area contributed by atoms with E-state index in [0.29, 0.717) is 18.3 Å². The average molecular weight is 440 g/mol. The molecule has 2 heterocycles. The quantitative estimate of drug-likeness (QED) is 0.577. The highest BCUT2D eigenvalue weighted by Gasteiger charge is 2.60. The van der Waals surface area contributed by atoms with E-state index in [4.69, 9.17) is 0 Å². The summed E-state index contributed by atoms with van der Waals surface area (Å²) in [6.45, 7) is 0. The Labute approximate surface area is 161 Å². The minimum absolute atomic E-state index is 0.143. The van der Waals surface area contributed by atoms with Gasteiger partial charge in [0.05, 0.1) is 6.20 Å². The molecule has 0 bridgehead atoms. The number of anilines is 2. The molecule has 0 saturated carbocycles. The molecule has 3 rings (SSSR count).